The maximum Gasteiger partial charge on any atom is 0.171 e. The summed E-state index contributed by atoms with van der Waals surface area (Å²) in [4.78, 5) is 9.76. The molecular weight excluding hydrogens is 455 g/mol. The van der Waals surface area contributed by atoms with Crippen molar-refractivity contribution in [1.82, 2.24) is 9.97 Å². The number of rotatable bonds is 2. The summed E-state index contributed by atoms with van der Waals surface area (Å²) in [6, 6.07) is 1.98. The standard InChI is InChI=1S/C10H6Br3ClN2S/c1-2-5-7(12)9(14)16-10(15-5)6-3-4(11)8(13)17-6/h3H,2H2,1H3. The van der Waals surface area contributed by atoms with Gasteiger partial charge in [-0.1, -0.05) is 18.5 Å². The topological polar surface area (TPSA) is 25.8 Å². The molecule has 2 nitrogen and oxygen atoms in total. The molecule has 0 bridgehead atoms. The van der Waals surface area contributed by atoms with E-state index >= 15 is 0 Å². The van der Waals surface area contributed by atoms with Crippen molar-refractivity contribution >= 4 is 70.7 Å². The minimum absolute atomic E-state index is 0.451. The van der Waals surface area contributed by atoms with E-state index in [1.807, 2.05) is 13.0 Å². The van der Waals surface area contributed by atoms with Crippen LogP contribution in [0.25, 0.3) is 10.7 Å². The lowest BCUT2D eigenvalue weighted by Crippen LogP contribution is -1.96. The quantitative estimate of drug-likeness (QED) is 0.536. The molecule has 0 saturated carbocycles. The van der Waals surface area contributed by atoms with E-state index in [2.05, 4.69) is 57.8 Å². The van der Waals surface area contributed by atoms with Gasteiger partial charge in [-0.15, -0.1) is 11.3 Å². The van der Waals surface area contributed by atoms with Crippen molar-refractivity contribution in [2.75, 3.05) is 0 Å². The van der Waals surface area contributed by atoms with Crippen molar-refractivity contribution < 1.29 is 0 Å². The third-order valence-corrected chi connectivity index (χ3v) is 6.67. The Morgan fingerprint density at radius 3 is 2.53 bits per heavy atom. The average Bonchev–Trinajstić information content (AvgIpc) is 2.63. The van der Waals surface area contributed by atoms with Gasteiger partial charge in [0, 0.05) is 4.47 Å². The number of halogens is 4. The van der Waals surface area contributed by atoms with Crippen molar-refractivity contribution in [1.29, 1.82) is 0 Å². The molecule has 2 rings (SSSR count). The van der Waals surface area contributed by atoms with E-state index in [9.17, 15) is 0 Å². The molecule has 0 atom stereocenters. The zero-order valence-corrected chi connectivity index (χ0v) is 14.9. The SMILES string of the molecule is CCc1nc(-c2cc(Br)c(Br)s2)nc(Cl)c1Br. The Bertz CT molecular complexity index is 551. The van der Waals surface area contributed by atoms with E-state index in [1.54, 1.807) is 11.3 Å². The lowest BCUT2D eigenvalue weighted by molar-refractivity contribution is 0.993. The van der Waals surface area contributed by atoms with Crippen LogP contribution in [0.1, 0.15) is 12.6 Å². The molecule has 7 heteroatoms. The van der Waals surface area contributed by atoms with Crippen molar-refractivity contribution in [3.05, 3.63) is 29.6 Å². The molecular formula is C10H6Br3ClN2S. The average molecular weight is 461 g/mol. The number of hydrogen-bond acceptors (Lipinski definition) is 3. The molecule has 0 aliphatic carbocycles. The third kappa shape index (κ3) is 2.92. The second kappa shape index (κ2) is 5.65. The summed E-state index contributed by atoms with van der Waals surface area (Å²) >= 11 is 17.9. The highest BCUT2D eigenvalue weighted by atomic mass is 79.9. The maximum atomic E-state index is 6.08. The van der Waals surface area contributed by atoms with Gasteiger partial charge in [0.1, 0.15) is 5.15 Å². The third-order valence-electron chi connectivity index (χ3n) is 2.08. The first-order valence-corrected chi connectivity index (χ1v) is 8.27. The van der Waals surface area contributed by atoms with Gasteiger partial charge < -0.3 is 0 Å². The van der Waals surface area contributed by atoms with Crippen LogP contribution < -0.4 is 0 Å². The van der Waals surface area contributed by atoms with Gasteiger partial charge in [-0.05, 0) is 60.3 Å². The number of hydrogen-bond donors (Lipinski definition) is 0. The molecule has 90 valence electrons. The Balaban J connectivity index is 2.56. The van der Waals surface area contributed by atoms with Crippen LogP contribution in [0.4, 0.5) is 0 Å². The molecule has 17 heavy (non-hydrogen) atoms. The molecule has 0 spiro atoms. The summed E-state index contributed by atoms with van der Waals surface area (Å²) in [5.41, 5.74) is 0.917. The molecule has 0 N–H and O–H groups in total. The molecule has 2 aromatic rings. The molecule has 2 heterocycles. The van der Waals surface area contributed by atoms with Crippen molar-refractivity contribution in [3.63, 3.8) is 0 Å². The Morgan fingerprint density at radius 2 is 2.00 bits per heavy atom. The van der Waals surface area contributed by atoms with Crippen LogP contribution >= 0.6 is 70.7 Å². The van der Waals surface area contributed by atoms with Gasteiger partial charge in [-0.25, -0.2) is 9.97 Å². The van der Waals surface area contributed by atoms with Crippen LogP contribution in [-0.2, 0) is 6.42 Å². The van der Waals surface area contributed by atoms with Gasteiger partial charge in [0.2, 0.25) is 0 Å². The second-order valence-corrected chi connectivity index (χ2v) is 7.56. The molecule has 0 aliphatic rings. The van der Waals surface area contributed by atoms with Gasteiger partial charge in [-0.2, -0.15) is 0 Å². The Morgan fingerprint density at radius 1 is 1.29 bits per heavy atom. The highest BCUT2D eigenvalue weighted by Crippen LogP contribution is 2.38. The number of aromatic nitrogens is 2. The van der Waals surface area contributed by atoms with E-state index < -0.39 is 0 Å². The van der Waals surface area contributed by atoms with Crippen molar-refractivity contribution in [2.24, 2.45) is 0 Å². The predicted molar refractivity (Wildman–Crippen MR) is 82.8 cm³/mol. The van der Waals surface area contributed by atoms with Gasteiger partial charge >= 0.3 is 0 Å². The zero-order valence-electron chi connectivity index (χ0n) is 8.60. The first-order valence-electron chi connectivity index (χ1n) is 4.70. The molecule has 0 aliphatic heterocycles. The maximum absolute atomic E-state index is 6.08. The van der Waals surface area contributed by atoms with Crippen molar-refractivity contribution in [3.8, 4) is 10.7 Å². The predicted octanol–water partition coefficient (Wildman–Crippen LogP) is 5.71. The summed E-state index contributed by atoms with van der Waals surface area (Å²) in [6.07, 6.45) is 0.809. The van der Waals surface area contributed by atoms with Gasteiger partial charge in [0.25, 0.3) is 0 Å². The van der Waals surface area contributed by atoms with E-state index in [0.29, 0.717) is 11.0 Å². The summed E-state index contributed by atoms with van der Waals surface area (Å²) in [7, 11) is 0. The summed E-state index contributed by atoms with van der Waals surface area (Å²) < 4.78 is 2.80. The lowest BCUT2D eigenvalue weighted by atomic mass is 10.3. The summed E-state index contributed by atoms with van der Waals surface area (Å²) in [5, 5.41) is 0.451. The monoisotopic (exact) mass is 458 g/mol. The lowest BCUT2D eigenvalue weighted by Gasteiger charge is -2.04. The van der Waals surface area contributed by atoms with Gasteiger partial charge in [-0.3, -0.25) is 0 Å². The highest BCUT2D eigenvalue weighted by Gasteiger charge is 2.14. The Kier molecular flexibility index (Phi) is 4.63. The Hall–Kier alpha value is 0.510. The molecule has 0 radical (unpaired) electrons. The number of nitrogens with zero attached hydrogens (tertiary/aromatic N) is 2. The van der Waals surface area contributed by atoms with E-state index in [-0.39, 0.29) is 0 Å². The molecule has 0 unspecified atom stereocenters. The van der Waals surface area contributed by atoms with Crippen LogP contribution in [-0.4, -0.2) is 9.97 Å². The minimum Gasteiger partial charge on any atom is -0.231 e. The first-order chi connectivity index (χ1) is 8.02. The van der Waals surface area contributed by atoms with Crippen LogP contribution in [0.2, 0.25) is 5.15 Å². The number of thiophene rings is 1. The highest BCUT2D eigenvalue weighted by molar-refractivity contribution is 9.13. The van der Waals surface area contributed by atoms with E-state index in [1.165, 1.54) is 0 Å². The van der Waals surface area contributed by atoms with Crippen LogP contribution in [0.3, 0.4) is 0 Å². The van der Waals surface area contributed by atoms with Crippen LogP contribution in [0.15, 0.2) is 18.8 Å². The van der Waals surface area contributed by atoms with Crippen LogP contribution in [0.5, 0.6) is 0 Å². The summed E-state index contributed by atoms with van der Waals surface area (Å²) in [6.45, 7) is 2.04. The largest absolute Gasteiger partial charge is 0.231 e. The van der Waals surface area contributed by atoms with E-state index in [0.717, 1.165) is 29.7 Å². The fraction of sp³-hybridized carbons (Fsp3) is 0.200. The fourth-order valence-corrected chi connectivity index (χ4v) is 3.88. The molecule has 0 saturated heterocycles. The molecule has 0 amide bonds. The normalized spacial score (nSPS) is 10.9. The van der Waals surface area contributed by atoms with E-state index in [4.69, 9.17) is 11.6 Å². The molecule has 2 aromatic heterocycles. The van der Waals surface area contributed by atoms with Crippen LogP contribution in [0, 0.1) is 0 Å². The second-order valence-electron chi connectivity index (χ2n) is 3.18. The fourth-order valence-electron chi connectivity index (χ4n) is 1.26. The Labute approximate surface area is 133 Å². The first kappa shape index (κ1) is 13.9. The van der Waals surface area contributed by atoms with Crippen molar-refractivity contribution in [2.45, 2.75) is 13.3 Å². The van der Waals surface area contributed by atoms with Gasteiger partial charge in [0.05, 0.1) is 18.8 Å². The smallest absolute Gasteiger partial charge is 0.171 e. The molecule has 0 aromatic carbocycles. The minimum atomic E-state index is 0.451. The summed E-state index contributed by atoms with van der Waals surface area (Å²) in [5.74, 6) is 0.659. The molecule has 0 fully saturated rings. The zero-order chi connectivity index (χ0) is 12.6. The number of aryl methyl sites for hydroxylation is 1. The van der Waals surface area contributed by atoms with Gasteiger partial charge in [0.15, 0.2) is 5.82 Å².